The van der Waals surface area contributed by atoms with Crippen molar-refractivity contribution in [1.29, 1.82) is 0 Å². The van der Waals surface area contributed by atoms with Gasteiger partial charge in [0, 0.05) is 16.8 Å². The van der Waals surface area contributed by atoms with Crippen LogP contribution in [0.3, 0.4) is 0 Å². The Morgan fingerprint density at radius 3 is 1.22 bits per heavy atom. The highest BCUT2D eigenvalue weighted by Crippen LogP contribution is 2.61. The Labute approximate surface area is 218 Å². The van der Waals surface area contributed by atoms with E-state index in [0.29, 0.717) is 49.7 Å². The lowest BCUT2D eigenvalue weighted by atomic mass is 9.94. The van der Waals surface area contributed by atoms with E-state index in [4.69, 9.17) is 0 Å². The Kier molecular flexibility index (Phi) is 9.93. The van der Waals surface area contributed by atoms with Crippen molar-refractivity contribution in [3.05, 3.63) is 68.8 Å². The molecule has 0 bridgehead atoms. The van der Waals surface area contributed by atoms with Crippen LogP contribution < -0.4 is 0 Å². The van der Waals surface area contributed by atoms with Crippen LogP contribution in [0.25, 0.3) is 0 Å². The van der Waals surface area contributed by atoms with Crippen LogP contribution in [0.5, 0.6) is 0 Å². The largest absolute Gasteiger partial charge is 0.306 e. The van der Waals surface area contributed by atoms with E-state index >= 15 is 4.57 Å². The average Bonchev–Trinajstić information content (AvgIpc) is 2.94. The number of carbonyl (C=O) groups excluding carboxylic acids is 2. The van der Waals surface area contributed by atoms with Crippen molar-refractivity contribution in [2.75, 3.05) is 0 Å². The lowest BCUT2D eigenvalue weighted by Crippen LogP contribution is -2.26. The molecule has 0 spiro atoms. The van der Waals surface area contributed by atoms with E-state index in [-0.39, 0.29) is 16.7 Å². The zero-order valence-electron chi connectivity index (χ0n) is 23.3. The summed E-state index contributed by atoms with van der Waals surface area (Å²) in [5.41, 5.74) is 6.17. The van der Waals surface area contributed by atoms with Crippen LogP contribution in [0.4, 0.5) is 0 Å². The van der Waals surface area contributed by atoms with Crippen molar-refractivity contribution in [1.82, 2.24) is 0 Å². The Bertz CT molecular complexity index is 1020. The molecule has 1 aliphatic carbocycles. The third-order valence-electron chi connectivity index (χ3n) is 8.18. The highest BCUT2D eigenvalue weighted by atomic mass is 31.2. The molecule has 196 valence electrons. The molecule has 3 nitrogen and oxygen atoms in total. The maximum absolute atomic E-state index is 15.3. The summed E-state index contributed by atoms with van der Waals surface area (Å²) in [6.45, 7) is 12.4. The fourth-order valence-corrected chi connectivity index (χ4v) is 9.13. The van der Waals surface area contributed by atoms with Crippen molar-refractivity contribution < 1.29 is 14.2 Å². The second-order valence-corrected chi connectivity index (χ2v) is 13.1. The summed E-state index contributed by atoms with van der Waals surface area (Å²) in [6, 6.07) is 8.36. The predicted octanol–water partition coefficient (Wildman–Crippen LogP) is 8.74. The number of rotatable bonds is 11. The van der Waals surface area contributed by atoms with Gasteiger partial charge in [-0.1, -0.05) is 85.1 Å². The molecular formula is C32H45O3P. The molecule has 4 heteroatoms. The van der Waals surface area contributed by atoms with E-state index in [1.165, 1.54) is 11.1 Å². The van der Waals surface area contributed by atoms with Gasteiger partial charge in [-0.2, -0.15) is 0 Å². The van der Waals surface area contributed by atoms with Crippen LogP contribution in [0, 0.1) is 0 Å². The number of aryl methyl sites for hydroxylation is 6. The van der Waals surface area contributed by atoms with Crippen LogP contribution in [-0.2, 0) is 43.1 Å². The van der Waals surface area contributed by atoms with Gasteiger partial charge >= 0.3 is 0 Å². The minimum Gasteiger partial charge on any atom is -0.306 e. The summed E-state index contributed by atoms with van der Waals surface area (Å²) >= 11 is 0. The molecule has 0 N–H and O–H groups in total. The SMILES string of the molecule is CCc1cc(CC)c(C(=O)P(=O)(C(=O)c2c(CC)cc(CC)cc2CC)C2CCCCC2)c(CC)c1. The average molecular weight is 509 g/mol. The lowest BCUT2D eigenvalue weighted by Gasteiger charge is -2.31. The van der Waals surface area contributed by atoms with Crippen LogP contribution in [-0.4, -0.2) is 16.7 Å². The smallest absolute Gasteiger partial charge is 0.229 e. The van der Waals surface area contributed by atoms with Gasteiger partial charge < -0.3 is 4.57 Å². The normalized spacial score (nSPS) is 14.7. The van der Waals surface area contributed by atoms with E-state index < -0.39 is 7.14 Å². The Hall–Kier alpha value is -1.99. The third kappa shape index (κ3) is 5.33. The maximum Gasteiger partial charge on any atom is 0.229 e. The van der Waals surface area contributed by atoms with E-state index in [1.807, 2.05) is 27.7 Å². The summed E-state index contributed by atoms with van der Waals surface area (Å²) in [4.78, 5) is 29.2. The molecule has 1 aliphatic rings. The van der Waals surface area contributed by atoms with E-state index in [1.54, 1.807) is 0 Å². The first kappa shape index (κ1) is 28.6. The molecule has 0 atom stereocenters. The van der Waals surface area contributed by atoms with E-state index in [0.717, 1.165) is 54.4 Å². The second-order valence-electron chi connectivity index (χ2n) is 10.3. The van der Waals surface area contributed by atoms with Crippen LogP contribution in [0.2, 0.25) is 0 Å². The van der Waals surface area contributed by atoms with Gasteiger partial charge in [0.25, 0.3) is 0 Å². The summed E-state index contributed by atoms with van der Waals surface area (Å²) < 4.78 is 15.3. The number of benzene rings is 2. The molecule has 1 saturated carbocycles. The maximum atomic E-state index is 15.3. The zero-order chi connectivity index (χ0) is 26.5. The predicted molar refractivity (Wildman–Crippen MR) is 152 cm³/mol. The Balaban J connectivity index is 2.30. The first-order valence-electron chi connectivity index (χ1n) is 14.3. The molecule has 2 aromatic carbocycles. The van der Waals surface area contributed by atoms with Crippen molar-refractivity contribution in [3.63, 3.8) is 0 Å². The van der Waals surface area contributed by atoms with Gasteiger partial charge in [-0.3, -0.25) is 9.59 Å². The van der Waals surface area contributed by atoms with Gasteiger partial charge in [-0.05, 0) is 84.7 Å². The lowest BCUT2D eigenvalue weighted by molar-refractivity contribution is 0.103. The molecule has 1 fully saturated rings. The molecule has 0 aromatic heterocycles. The number of carbonyl (C=O) groups is 2. The van der Waals surface area contributed by atoms with Crippen molar-refractivity contribution in [2.45, 2.75) is 118 Å². The first-order valence-corrected chi connectivity index (χ1v) is 16.1. The quantitative estimate of drug-likeness (QED) is 0.285. The Morgan fingerprint density at radius 2 is 0.944 bits per heavy atom. The molecule has 36 heavy (non-hydrogen) atoms. The summed E-state index contributed by atoms with van der Waals surface area (Å²) in [5, 5.41) is 0. The number of hydrogen-bond acceptors (Lipinski definition) is 3. The van der Waals surface area contributed by atoms with Gasteiger partial charge in [0.15, 0.2) is 0 Å². The molecular weight excluding hydrogens is 463 g/mol. The summed E-state index contributed by atoms with van der Waals surface area (Å²) in [6.07, 6.45) is 8.85. The van der Waals surface area contributed by atoms with E-state index in [9.17, 15) is 9.59 Å². The molecule has 3 rings (SSSR count). The van der Waals surface area contributed by atoms with Crippen LogP contribution in [0.1, 0.15) is 128 Å². The summed E-state index contributed by atoms with van der Waals surface area (Å²) in [5.74, 6) is 0. The Morgan fingerprint density at radius 1 is 0.611 bits per heavy atom. The zero-order valence-corrected chi connectivity index (χ0v) is 24.2. The third-order valence-corrected chi connectivity index (χ3v) is 11.4. The van der Waals surface area contributed by atoms with E-state index in [2.05, 4.69) is 38.1 Å². The summed E-state index contributed by atoms with van der Waals surface area (Å²) in [7, 11) is -3.91. The molecule has 0 unspecified atom stereocenters. The van der Waals surface area contributed by atoms with Gasteiger partial charge in [-0.25, -0.2) is 0 Å². The number of hydrogen-bond donors (Lipinski definition) is 0. The van der Waals surface area contributed by atoms with Gasteiger partial charge in [-0.15, -0.1) is 0 Å². The van der Waals surface area contributed by atoms with Gasteiger partial charge in [0.1, 0.15) is 0 Å². The minimum absolute atomic E-state index is 0.355. The van der Waals surface area contributed by atoms with Gasteiger partial charge in [0.2, 0.25) is 18.2 Å². The van der Waals surface area contributed by atoms with Crippen molar-refractivity contribution in [2.24, 2.45) is 0 Å². The fourth-order valence-electron chi connectivity index (χ4n) is 5.95. The van der Waals surface area contributed by atoms with Crippen LogP contribution >= 0.6 is 7.14 Å². The van der Waals surface area contributed by atoms with Crippen molar-refractivity contribution in [3.8, 4) is 0 Å². The molecule has 0 heterocycles. The second kappa shape index (κ2) is 12.5. The monoisotopic (exact) mass is 508 g/mol. The first-order chi connectivity index (χ1) is 17.3. The molecule has 0 radical (unpaired) electrons. The topological polar surface area (TPSA) is 51.2 Å². The highest BCUT2D eigenvalue weighted by Gasteiger charge is 2.49. The minimum atomic E-state index is -3.91. The van der Waals surface area contributed by atoms with Gasteiger partial charge in [0.05, 0.1) is 0 Å². The molecule has 2 aromatic rings. The molecule has 0 amide bonds. The van der Waals surface area contributed by atoms with Crippen LogP contribution in [0.15, 0.2) is 24.3 Å². The standard InChI is InChI=1S/C32H45O3P/c1-7-22-18-24(9-3)29(25(10-4)19-22)31(33)36(35,28-16-14-13-15-17-28)32(34)30-26(11-5)20-23(8-2)21-27(30)12-6/h18-21,28H,7-17H2,1-6H3. The molecule has 0 saturated heterocycles. The van der Waals surface area contributed by atoms with Crippen molar-refractivity contribution >= 4 is 18.2 Å². The fraction of sp³-hybridized carbons (Fsp3) is 0.562. The highest BCUT2D eigenvalue weighted by molar-refractivity contribution is 7.96. The molecule has 0 aliphatic heterocycles.